The maximum Gasteiger partial charge on any atom is 0.261 e. The van der Waals surface area contributed by atoms with E-state index in [2.05, 4.69) is 26.2 Å². The zero-order valence-electron chi connectivity index (χ0n) is 10.3. The first-order valence-corrected chi connectivity index (χ1v) is 6.53. The van der Waals surface area contributed by atoms with E-state index in [0.29, 0.717) is 18.1 Å². The lowest BCUT2D eigenvalue weighted by molar-refractivity contribution is -0.127. The van der Waals surface area contributed by atoms with Gasteiger partial charge in [0.25, 0.3) is 5.91 Å². The second kappa shape index (κ2) is 6.38. The van der Waals surface area contributed by atoms with Crippen molar-refractivity contribution < 1.29 is 13.9 Å². The summed E-state index contributed by atoms with van der Waals surface area (Å²) in [5.74, 6) is 1.04. The van der Waals surface area contributed by atoms with Crippen molar-refractivity contribution in [3.05, 3.63) is 47.1 Å². The standard InChI is InChI=1S/C13H13BrN2O3/c1-9(19-11-4-5-12(14)15-8-11)13(17)16-7-10-3-2-6-18-10/h2-6,8-9H,7H2,1H3,(H,16,17). The first kappa shape index (κ1) is 13.6. The molecule has 5 nitrogen and oxygen atoms in total. The van der Waals surface area contributed by atoms with Gasteiger partial charge < -0.3 is 14.5 Å². The van der Waals surface area contributed by atoms with E-state index in [1.165, 1.54) is 0 Å². The number of furan rings is 1. The molecule has 1 atom stereocenters. The minimum atomic E-state index is -0.599. The number of amides is 1. The van der Waals surface area contributed by atoms with Gasteiger partial charge in [-0.05, 0) is 47.1 Å². The minimum Gasteiger partial charge on any atom is -0.479 e. The van der Waals surface area contributed by atoms with Gasteiger partial charge in [0.05, 0.1) is 19.0 Å². The number of carbonyl (C=O) groups excluding carboxylic acids is 1. The third kappa shape index (κ3) is 4.10. The Labute approximate surface area is 119 Å². The summed E-state index contributed by atoms with van der Waals surface area (Å²) in [6.07, 6.45) is 2.52. The summed E-state index contributed by atoms with van der Waals surface area (Å²) in [5, 5.41) is 2.73. The van der Waals surface area contributed by atoms with Crippen LogP contribution in [0, 0.1) is 0 Å². The fraction of sp³-hybridized carbons (Fsp3) is 0.231. The van der Waals surface area contributed by atoms with E-state index in [9.17, 15) is 4.79 Å². The lowest BCUT2D eigenvalue weighted by Gasteiger charge is -2.13. The van der Waals surface area contributed by atoms with Crippen LogP contribution in [-0.2, 0) is 11.3 Å². The molecule has 0 fully saturated rings. The molecule has 0 aliphatic heterocycles. The molecule has 1 unspecified atom stereocenters. The fourth-order valence-electron chi connectivity index (χ4n) is 1.42. The van der Waals surface area contributed by atoms with Crippen molar-refractivity contribution in [2.24, 2.45) is 0 Å². The highest BCUT2D eigenvalue weighted by atomic mass is 79.9. The Morgan fingerprint density at radius 2 is 2.37 bits per heavy atom. The Hall–Kier alpha value is -1.82. The van der Waals surface area contributed by atoms with Gasteiger partial charge in [-0.15, -0.1) is 0 Å². The summed E-state index contributed by atoms with van der Waals surface area (Å²) < 4.78 is 11.3. The third-order valence-corrected chi connectivity index (χ3v) is 2.87. The molecule has 2 heterocycles. The van der Waals surface area contributed by atoms with E-state index < -0.39 is 6.10 Å². The average Bonchev–Trinajstić information content (AvgIpc) is 2.91. The number of carbonyl (C=O) groups is 1. The fourth-order valence-corrected chi connectivity index (χ4v) is 1.66. The van der Waals surface area contributed by atoms with E-state index in [4.69, 9.17) is 9.15 Å². The smallest absolute Gasteiger partial charge is 0.261 e. The van der Waals surface area contributed by atoms with Gasteiger partial charge in [0.15, 0.2) is 6.10 Å². The van der Waals surface area contributed by atoms with Crippen LogP contribution in [0.25, 0.3) is 0 Å². The van der Waals surface area contributed by atoms with Gasteiger partial charge in [0.1, 0.15) is 16.1 Å². The molecule has 0 radical (unpaired) electrons. The molecule has 19 heavy (non-hydrogen) atoms. The summed E-state index contributed by atoms with van der Waals surface area (Å²) in [6.45, 7) is 2.03. The normalized spacial score (nSPS) is 11.9. The van der Waals surface area contributed by atoms with Crippen LogP contribution in [0.5, 0.6) is 5.75 Å². The van der Waals surface area contributed by atoms with Gasteiger partial charge in [-0.1, -0.05) is 0 Å². The third-order valence-electron chi connectivity index (χ3n) is 2.40. The molecule has 0 aromatic carbocycles. The lowest BCUT2D eigenvalue weighted by Crippen LogP contribution is -2.35. The molecule has 0 saturated carbocycles. The minimum absolute atomic E-state index is 0.209. The molecule has 1 amide bonds. The zero-order valence-corrected chi connectivity index (χ0v) is 11.9. The van der Waals surface area contributed by atoms with Gasteiger partial charge in [-0.25, -0.2) is 4.98 Å². The van der Waals surface area contributed by atoms with Crippen molar-refractivity contribution in [2.75, 3.05) is 0 Å². The maximum atomic E-state index is 11.8. The Bertz CT molecular complexity index is 525. The van der Waals surface area contributed by atoms with Crippen molar-refractivity contribution in [2.45, 2.75) is 19.6 Å². The molecule has 0 bridgehead atoms. The Balaban J connectivity index is 1.83. The number of nitrogens with one attached hydrogen (secondary N) is 1. The second-order valence-corrected chi connectivity index (χ2v) is 4.69. The van der Waals surface area contributed by atoms with E-state index in [-0.39, 0.29) is 5.91 Å². The molecule has 2 rings (SSSR count). The van der Waals surface area contributed by atoms with Crippen LogP contribution in [0.3, 0.4) is 0 Å². The number of hydrogen-bond acceptors (Lipinski definition) is 4. The number of aromatic nitrogens is 1. The zero-order chi connectivity index (χ0) is 13.7. The largest absolute Gasteiger partial charge is 0.479 e. The molecule has 100 valence electrons. The maximum absolute atomic E-state index is 11.8. The monoisotopic (exact) mass is 324 g/mol. The Morgan fingerprint density at radius 3 is 3.00 bits per heavy atom. The van der Waals surface area contributed by atoms with Gasteiger partial charge in [-0.3, -0.25) is 4.79 Å². The predicted molar refractivity (Wildman–Crippen MR) is 72.6 cm³/mol. The quantitative estimate of drug-likeness (QED) is 0.858. The molecule has 2 aromatic heterocycles. The molecule has 1 N–H and O–H groups in total. The SMILES string of the molecule is CC(Oc1ccc(Br)nc1)C(=O)NCc1ccco1. The second-order valence-electron chi connectivity index (χ2n) is 3.87. The number of nitrogens with zero attached hydrogens (tertiary/aromatic N) is 1. The van der Waals surface area contributed by atoms with E-state index >= 15 is 0 Å². The van der Waals surface area contributed by atoms with Crippen LogP contribution in [0.15, 0.2) is 45.7 Å². The molecule has 2 aromatic rings. The first-order chi connectivity index (χ1) is 9.15. The predicted octanol–water partition coefficient (Wildman–Crippen LogP) is 2.52. The van der Waals surface area contributed by atoms with Crippen LogP contribution < -0.4 is 10.1 Å². The summed E-state index contributed by atoms with van der Waals surface area (Å²) in [4.78, 5) is 15.8. The number of rotatable bonds is 5. The summed E-state index contributed by atoms with van der Waals surface area (Å²) in [6, 6.07) is 7.07. The van der Waals surface area contributed by atoms with Crippen molar-refractivity contribution >= 4 is 21.8 Å². The first-order valence-electron chi connectivity index (χ1n) is 5.73. The summed E-state index contributed by atoms with van der Waals surface area (Å²) >= 11 is 3.23. The molecular weight excluding hydrogens is 312 g/mol. The van der Waals surface area contributed by atoms with Crippen LogP contribution in [-0.4, -0.2) is 17.0 Å². The lowest BCUT2D eigenvalue weighted by atomic mass is 10.3. The van der Waals surface area contributed by atoms with Gasteiger partial charge in [0.2, 0.25) is 0 Å². The highest BCUT2D eigenvalue weighted by Gasteiger charge is 2.14. The number of pyridine rings is 1. The molecule has 6 heteroatoms. The molecule has 0 aliphatic carbocycles. The Kier molecular flexibility index (Phi) is 4.57. The van der Waals surface area contributed by atoms with Crippen LogP contribution in [0.2, 0.25) is 0 Å². The molecular formula is C13H13BrN2O3. The van der Waals surface area contributed by atoms with Crippen LogP contribution >= 0.6 is 15.9 Å². The molecule has 0 aliphatic rings. The number of halogens is 1. The van der Waals surface area contributed by atoms with Crippen LogP contribution in [0.4, 0.5) is 0 Å². The highest BCUT2D eigenvalue weighted by Crippen LogP contribution is 2.14. The van der Waals surface area contributed by atoms with Gasteiger partial charge in [-0.2, -0.15) is 0 Å². The van der Waals surface area contributed by atoms with Gasteiger partial charge >= 0.3 is 0 Å². The van der Waals surface area contributed by atoms with Crippen LogP contribution in [0.1, 0.15) is 12.7 Å². The van der Waals surface area contributed by atoms with Crippen molar-refractivity contribution in [1.82, 2.24) is 10.3 Å². The topological polar surface area (TPSA) is 64.4 Å². The Morgan fingerprint density at radius 1 is 1.53 bits per heavy atom. The van der Waals surface area contributed by atoms with E-state index in [1.807, 2.05) is 0 Å². The number of hydrogen-bond donors (Lipinski definition) is 1. The van der Waals surface area contributed by atoms with Crippen molar-refractivity contribution in [3.63, 3.8) is 0 Å². The van der Waals surface area contributed by atoms with Gasteiger partial charge in [0, 0.05) is 0 Å². The average molecular weight is 325 g/mol. The van der Waals surface area contributed by atoms with E-state index in [1.54, 1.807) is 43.6 Å². The van der Waals surface area contributed by atoms with Crippen molar-refractivity contribution in [1.29, 1.82) is 0 Å². The molecule has 0 spiro atoms. The number of ether oxygens (including phenoxy) is 1. The highest BCUT2D eigenvalue weighted by molar-refractivity contribution is 9.10. The van der Waals surface area contributed by atoms with Crippen molar-refractivity contribution in [3.8, 4) is 5.75 Å². The van der Waals surface area contributed by atoms with E-state index in [0.717, 1.165) is 4.60 Å². The molecule has 0 saturated heterocycles. The summed E-state index contributed by atoms with van der Waals surface area (Å²) in [5.41, 5.74) is 0. The summed E-state index contributed by atoms with van der Waals surface area (Å²) in [7, 11) is 0.